The first-order valence-electron chi connectivity index (χ1n) is 12.3. The number of rotatable bonds is 6. The number of methoxy groups -OCH3 is 1. The van der Waals surface area contributed by atoms with Gasteiger partial charge in [0.25, 0.3) is 6.01 Å². The van der Waals surface area contributed by atoms with E-state index in [1.165, 1.54) is 7.11 Å². The maximum atomic E-state index is 12.5. The van der Waals surface area contributed by atoms with Crippen molar-refractivity contribution in [2.75, 3.05) is 18.6 Å². The van der Waals surface area contributed by atoms with Crippen LogP contribution in [0.15, 0.2) is 24.5 Å². The molecule has 1 amide bonds. The highest BCUT2D eigenvalue weighted by molar-refractivity contribution is 6.30. The van der Waals surface area contributed by atoms with Gasteiger partial charge < -0.3 is 14.6 Å². The summed E-state index contributed by atoms with van der Waals surface area (Å²) in [4.78, 5) is 30.7. The summed E-state index contributed by atoms with van der Waals surface area (Å²) in [6.07, 6.45) is 7.21. The average Bonchev–Trinajstić information content (AvgIpc) is 3.46. The molecule has 0 unspecified atom stereocenters. The zero-order valence-corrected chi connectivity index (χ0v) is 21.1. The van der Waals surface area contributed by atoms with E-state index in [0.717, 1.165) is 48.0 Å². The normalized spacial score (nSPS) is 21.9. The minimum atomic E-state index is -0.732. The highest BCUT2D eigenvalue weighted by Crippen LogP contribution is 2.42. The van der Waals surface area contributed by atoms with Gasteiger partial charge in [0.2, 0.25) is 0 Å². The number of halogens is 1. The first-order chi connectivity index (χ1) is 17.4. The monoisotopic (exact) mass is 515 g/mol. The van der Waals surface area contributed by atoms with Crippen LogP contribution in [-0.4, -0.2) is 56.3 Å². The lowest BCUT2D eigenvalue weighted by molar-refractivity contribution is -0.143. The number of hydrogen-bond donors (Lipinski definition) is 1. The Hall–Kier alpha value is -3.27. The number of imidazole rings is 1. The third kappa shape index (κ3) is 4.50. The first-order valence-corrected chi connectivity index (χ1v) is 12.7. The van der Waals surface area contributed by atoms with Gasteiger partial charge in [-0.05, 0) is 57.6 Å². The molecule has 10 nitrogen and oxygen atoms in total. The molecule has 0 bridgehead atoms. The predicted octanol–water partition coefficient (Wildman–Crippen LogP) is 4.69. The van der Waals surface area contributed by atoms with Gasteiger partial charge in [-0.2, -0.15) is 10.1 Å². The van der Waals surface area contributed by atoms with E-state index in [2.05, 4.69) is 9.67 Å². The van der Waals surface area contributed by atoms with E-state index in [-0.39, 0.29) is 24.1 Å². The molecule has 36 heavy (non-hydrogen) atoms. The Morgan fingerprint density at radius 3 is 2.64 bits per heavy atom. The molecule has 1 atom stereocenters. The SMILES string of the molecule is COC(=O)N1c2ccc3c(nc(OCCn4cc(Cl)cn4)n3[C@H]3CC[C@H](C(=O)O)CC3)c2CC[C@@H]1C. The first kappa shape index (κ1) is 24.4. The fourth-order valence-corrected chi connectivity index (χ4v) is 5.64. The van der Waals surface area contributed by atoms with Gasteiger partial charge in [-0.15, -0.1) is 0 Å². The van der Waals surface area contributed by atoms with Gasteiger partial charge in [0.1, 0.15) is 6.61 Å². The van der Waals surface area contributed by atoms with E-state index in [1.54, 1.807) is 22.0 Å². The number of carboxylic acid groups (broad SMARTS) is 1. The lowest BCUT2D eigenvalue weighted by atomic mass is 9.86. The molecule has 1 saturated carbocycles. The summed E-state index contributed by atoms with van der Waals surface area (Å²) in [6.45, 7) is 2.87. The van der Waals surface area contributed by atoms with Crippen LogP contribution in [0.1, 0.15) is 50.6 Å². The van der Waals surface area contributed by atoms with Crippen molar-refractivity contribution in [3.05, 3.63) is 35.1 Å². The third-order valence-electron chi connectivity index (χ3n) is 7.36. The largest absolute Gasteiger partial charge is 0.481 e. The number of ether oxygens (including phenoxy) is 2. The van der Waals surface area contributed by atoms with Crippen LogP contribution in [0.4, 0.5) is 10.5 Å². The van der Waals surface area contributed by atoms with Crippen LogP contribution in [0, 0.1) is 5.92 Å². The van der Waals surface area contributed by atoms with E-state index in [9.17, 15) is 14.7 Å². The molecule has 1 fully saturated rings. The standard InChI is InChI=1S/C25H30ClN5O5/c1-15-3-8-19-20(30(15)25(34)35-2)9-10-21-22(19)28-24(36-12-11-29-14-17(26)13-27-29)31(21)18-6-4-16(5-7-18)23(32)33/h9-10,13-16,18H,3-8,11-12H2,1-2H3,(H,32,33)/t15-,16-,18-/m0/s1. The van der Waals surface area contributed by atoms with E-state index in [1.807, 2.05) is 19.1 Å². The fraction of sp³-hybridized carbons (Fsp3) is 0.520. The van der Waals surface area contributed by atoms with Crippen LogP contribution in [-0.2, 0) is 22.5 Å². The highest BCUT2D eigenvalue weighted by atomic mass is 35.5. The van der Waals surface area contributed by atoms with Crippen LogP contribution < -0.4 is 9.64 Å². The molecule has 0 saturated heterocycles. The van der Waals surface area contributed by atoms with Crippen molar-refractivity contribution in [2.45, 2.75) is 64.1 Å². The molecule has 1 aromatic carbocycles. The van der Waals surface area contributed by atoms with Crippen molar-refractivity contribution in [3.63, 3.8) is 0 Å². The van der Waals surface area contributed by atoms with Crippen LogP contribution in [0.25, 0.3) is 11.0 Å². The number of carboxylic acids is 1. The second-order valence-electron chi connectivity index (χ2n) is 9.54. The molecule has 2 aromatic heterocycles. The second-order valence-corrected chi connectivity index (χ2v) is 9.97. The summed E-state index contributed by atoms with van der Waals surface area (Å²) in [7, 11) is 1.39. The summed E-state index contributed by atoms with van der Waals surface area (Å²) in [6, 6.07) is 4.54. The number of nitrogens with zero attached hydrogens (tertiary/aromatic N) is 5. The summed E-state index contributed by atoms with van der Waals surface area (Å²) in [5, 5.41) is 14.2. The highest BCUT2D eigenvalue weighted by Gasteiger charge is 2.34. The van der Waals surface area contributed by atoms with E-state index in [4.69, 9.17) is 26.1 Å². The maximum absolute atomic E-state index is 12.5. The number of amides is 1. The number of benzene rings is 1. The van der Waals surface area contributed by atoms with Gasteiger partial charge in [-0.1, -0.05) is 11.6 Å². The smallest absolute Gasteiger partial charge is 0.414 e. The fourth-order valence-electron chi connectivity index (χ4n) is 5.48. The molecule has 1 aliphatic heterocycles. The second kappa shape index (κ2) is 10.0. The number of aliphatic carboxylic acids is 1. The lowest BCUT2D eigenvalue weighted by Crippen LogP contribution is -2.42. The molecule has 0 spiro atoms. The zero-order valence-electron chi connectivity index (χ0n) is 20.4. The van der Waals surface area contributed by atoms with E-state index in [0.29, 0.717) is 37.0 Å². The molecule has 11 heteroatoms. The van der Waals surface area contributed by atoms with Crippen molar-refractivity contribution >= 4 is 40.4 Å². The summed E-state index contributed by atoms with van der Waals surface area (Å²) in [5.41, 5.74) is 3.55. The van der Waals surface area contributed by atoms with Crippen LogP contribution in [0.3, 0.4) is 0 Å². The van der Waals surface area contributed by atoms with Crippen molar-refractivity contribution < 1.29 is 24.2 Å². The molecule has 1 aliphatic carbocycles. The van der Waals surface area contributed by atoms with Gasteiger partial charge in [0.05, 0.1) is 47.5 Å². The van der Waals surface area contributed by atoms with Gasteiger partial charge in [0, 0.05) is 23.8 Å². The summed E-state index contributed by atoms with van der Waals surface area (Å²) < 4.78 is 15.1. The Bertz CT molecular complexity index is 1280. The molecule has 1 N–H and O–H groups in total. The number of anilines is 1. The Balaban J connectivity index is 1.51. The quantitative estimate of drug-likeness (QED) is 0.507. The van der Waals surface area contributed by atoms with Crippen molar-refractivity contribution in [2.24, 2.45) is 5.92 Å². The molecule has 2 aliphatic rings. The molecular formula is C25H30ClN5O5. The Morgan fingerprint density at radius 2 is 1.97 bits per heavy atom. The third-order valence-corrected chi connectivity index (χ3v) is 7.55. The van der Waals surface area contributed by atoms with Crippen LogP contribution in [0.5, 0.6) is 6.01 Å². The topological polar surface area (TPSA) is 112 Å². The Labute approximate surface area is 213 Å². The molecule has 192 valence electrons. The van der Waals surface area contributed by atoms with Crippen molar-refractivity contribution in [1.82, 2.24) is 19.3 Å². The molecule has 3 aromatic rings. The maximum Gasteiger partial charge on any atom is 0.414 e. The molecule has 3 heterocycles. The van der Waals surface area contributed by atoms with Crippen molar-refractivity contribution in [1.29, 1.82) is 0 Å². The summed E-state index contributed by atoms with van der Waals surface area (Å²) in [5.74, 6) is -1.04. The van der Waals surface area contributed by atoms with E-state index >= 15 is 0 Å². The number of hydrogen-bond acceptors (Lipinski definition) is 6. The lowest BCUT2D eigenvalue weighted by Gasteiger charge is -2.34. The minimum Gasteiger partial charge on any atom is -0.481 e. The van der Waals surface area contributed by atoms with Gasteiger partial charge in [-0.3, -0.25) is 18.9 Å². The van der Waals surface area contributed by atoms with Gasteiger partial charge in [-0.25, -0.2) is 4.79 Å². The number of carbonyl (C=O) groups excluding carboxylic acids is 1. The van der Waals surface area contributed by atoms with Crippen molar-refractivity contribution in [3.8, 4) is 6.01 Å². The number of fused-ring (bicyclic) bond motifs is 3. The Morgan fingerprint density at radius 1 is 1.19 bits per heavy atom. The number of aryl methyl sites for hydroxylation is 1. The average molecular weight is 516 g/mol. The van der Waals surface area contributed by atoms with E-state index < -0.39 is 5.97 Å². The zero-order chi connectivity index (χ0) is 25.4. The minimum absolute atomic E-state index is 0.0207. The van der Waals surface area contributed by atoms with Gasteiger partial charge in [0.15, 0.2) is 0 Å². The predicted molar refractivity (Wildman–Crippen MR) is 134 cm³/mol. The molecule has 0 radical (unpaired) electrons. The van der Waals surface area contributed by atoms with Crippen LogP contribution in [0.2, 0.25) is 5.02 Å². The summed E-state index contributed by atoms with van der Waals surface area (Å²) >= 11 is 5.97. The number of aromatic nitrogens is 4. The van der Waals surface area contributed by atoms with Gasteiger partial charge >= 0.3 is 12.1 Å². The molecule has 5 rings (SSSR count). The number of carbonyl (C=O) groups is 2. The molecular weight excluding hydrogens is 486 g/mol. The van der Waals surface area contributed by atoms with Crippen LogP contribution >= 0.6 is 11.6 Å². The Kier molecular flexibility index (Phi) is 6.79.